The first-order valence-electron chi connectivity index (χ1n) is 6.33. The molecule has 0 spiro atoms. The molecule has 1 heterocycles. The van der Waals surface area contributed by atoms with Gasteiger partial charge in [-0.2, -0.15) is 5.26 Å². The minimum atomic E-state index is -4.84. The summed E-state index contributed by atoms with van der Waals surface area (Å²) < 4.78 is 47.5. The second kappa shape index (κ2) is 7.12. The first-order chi connectivity index (χ1) is 11.6. The normalized spacial score (nSPS) is 11.1. The molecule has 6 nitrogen and oxygen atoms in total. The molecule has 132 valence electrons. The highest BCUT2D eigenvalue weighted by Crippen LogP contribution is 2.36. The van der Waals surface area contributed by atoms with Crippen LogP contribution in [0, 0.1) is 14.9 Å². The van der Waals surface area contributed by atoms with Gasteiger partial charge >= 0.3 is 12.3 Å². The van der Waals surface area contributed by atoms with Gasteiger partial charge in [-0.05, 0) is 50.7 Å². The number of hydrogen-bond acceptors (Lipinski definition) is 5. The van der Waals surface area contributed by atoms with Crippen LogP contribution in [0.4, 0.5) is 18.9 Å². The average Bonchev–Trinajstić information content (AvgIpc) is 2.80. The second-order valence-corrected chi connectivity index (χ2v) is 6.58. The van der Waals surface area contributed by atoms with Crippen LogP contribution in [0.2, 0.25) is 0 Å². The molecule has 0 bridgehead atoms. The summed E-state index contributed by atoms with van der Waals surface area (Å²) in [4.78, 5) is 12.0. The number of aromatic nitrogens is 1. The number of nitrogens with two attached hydrogens (primary N) is 1. The van der Waals surface area contributed by atoms with Crippen molar-refractivity contribution in [3.05, 3.63) is 37.6 Å². The van der Waals surface area contributed by atoms with E-state index in [9.17, 15) is 18.0 Å². The molecule has 0 amide bonds. The van der Waals surface area contributed by atoms with Crippen molar-refractivity contribution in [2.45, 2.75) is 6.36 Å². The minimum Gasteiger partial charge on any atom is -0.464 e. The maximum absolute atomic E-state index is 12.4. The van der Waals surface area contributed by atoms with E-state index in [0.29, 0.717) is 9.26 Å². The van der Waals surface area contributed by atoms with Crippen molar-refractivity contribution in [1.29, 1.82) is 5.26 Å². The Morgan fingerprint density at radius 2 is 2.08 bits per heavy atom. The van der Waals surface area contributed by atoms with Gasteiger partial charge in [0.1, 0.15) is 11.8 Å². The van der Waals surface area contributed by atoms with Crippen LogP contribution in [-0.2, 0) is 4.74 Å². The van der Waals surface area contributed by atoms with Crippen LogP contribution in [0.15, 0.2) is 22.8 Å². The molecule has 25 heavy (non-hydrogen) atoms. The Hall–Kier alpha value is -1.94. The summed E-state index contributed by atoms with van der Waals surface area (Å²) in [5.74, 6) is -1.23. The summed E-state index contributed by atoms with van der Waals surface area (Å²) in [5, 5.41) is 9.11. The van der Waals surface area contributed by atoms with Crippen LogP contribution in [0.25, 0.3) is 5.69 Å². The maximum atomic E-state index is 12.4. The predicted octanol–water partition coefficient (Wildman–Crippen LogP) is 3.98. The third-order valence-corrected chi connectivity index (χ3v) is 4.44. The number of esters is 1. The molecule has 11 heteroatoms. The summed E-state index contributed by atoms with van der Waals surface area (Å²) in [6.07, 6.45) is -3.54. The van der Waals surface area contributed by atoms with Gasteiger partial charge in [0.15, 0.2) is 5.69 Å². The Balaban J connectivity index is 2.67. The maximum Gasteiger partial charge on any atom is 0.573 e. The summed E-state index contributed by atoms with van der Waals surface area (Å²) in [7, 11) is 1.14. The number of carbonyl (C=O) groups is 1. The second-order valence-electron chi connectivity index (χ2n) is 4.56. The molecule has 0 saturated heterocycles. The lowest BCUT2D eigenvalue weighted by molar-refractivity contribution is -0.274. The fourth-order valence-corrected chi connectivity index (χ4v) is 3.91. The third-order valence-electron chi connectivity index (χ3n) is 3.01. The number of nitrogen functional groups attached to an aromatic ring is 1. The van der Waals surface area contributed by atoms with Crippen LogP contribution in [0.5, 0.6) is 5.75 Å². The first kappa shape index (κ1) is 19.4. The van der Waals surface area contributed by atoms with Crippen LogP contribution >= 0.6 is 38.5 Å². The Kier molecular flexibility index (Phi) is 5.52. The molecule has 1 aromatic heterocycles. The molecule has 0 unspecified atom stereocenters. The van der Waals surface area contributed by atoms with Crippen molar-refractivity contribution < 1.29 is 27.4 Å². The third kappa shape index (κ3) is 4.01. The van der Waals surface area contributed by atoms with Gasteiger partial charge in [-0.25, -0.2) is 4.79 Å². The number of hydrogen-bond donors (Lipinski definition) is 1. The van der Waals surface area contributed by atoms with Crippen molar-refractivity contribution in [1.82, 2.24) is 4.57 Å². The van der Waals surface area contributed by atoms with Gasteiger partial charge in [-0.1, -0.05) is 0 Å². The number of ether oxygens (including phenoxy) is 2. The number of nitriles is 1. The molecule has 0 radical (unpaired) electrons. The number of carbonyl (C=O) groups excluding carboxylic acids is 1. The predicted molar refractivity (Wildman–Crippen MR) is 93.3 cm³/mol. The number of halogens is 5. The van der Waals surface area contributed by atoms with Gasteiger partial charge in [-0.15, -0.1) is 13.2 Å². The SMILES string of the molecule is COC(=O)c1c(N)c(C#N)cn1-c1c(Br)cc(OC(F)(F)F)cc1I. The van der Waals surface area contributed by atoms with Gasteiger partial charge in [0.2, 0.25) is 0 Å². The van der Waals surface area contributed by atoms with Crippen LogP contribution < -0.4 is 10.5 Å². The number of alkyl halides is 3. The van der Waals surface area contributed by atoms with Gasteiger partial charge < -0.3 is 19.8 Å². The molecule has 2 aromatic rings. The lowest BCUT2D eigenvalue weighted by Gasteiger charge is -2.15. The molecule has 0 atom stereocenters. The lowest BCUT2D eigenvalue weighted by Crippen LogP contribution is -2.17. The van der Waals surface area contributed by atoms with Crippen LogP contribution in [0.3, 0.4) is 0 Å². The summed E-state index contributed by atoms with van der Waals surface area (Å²) in [6.45, 7) is 0. The van der Waals surface area contributed by atoms with Crippen LogP contribution in [0.1, 0.15) is 16.1 Å². The highest BCUT2D eigenvalue weighted by molar-refractivity contribution is 14.1. The fourth-order valence-electron chi connectivity index (χ4n) is 2.06. The largest absolute Gasteiger partial charge is 0.573 e. The molecular formula is C14H8BrF3IN3O3. The summed E-state index contributed by atoms with van der Waals surface area (Å²) in [5.41, 5.74) is 5.94. The Morgan fingerprint density at radius 1 is 1.44 bits per heavy atom. The first-order valence-corrected chi connectivity index (χ1v) is 8.20. The molecule has 0 aliphatic rings. The van der Waals surface area contributed by atoms with E-state index in [1.807, 2.05) is 6.07 Å². The van der Waals surface area contributed by atoms with Gasteiger partial charge in [0.05, 0.1) is 24.0 Å². The average molecular weight is 530 g/mol. The van der Waals surface area contributed by atoms with E-state index >= 15 is 0 Å². The minimum absolute atomic E-state index is 0.0266. The standard InChI is InChI=1S/C14H8BrF3IN3O3/c1-24-13(23)12-10(21)6(4-20)5-22(12)11-8(15)2-7(3-9(11)19)25-14(16,17)18/h2-3,5H,21H2,1H3. The van der Waals surface area contributed by atoms with E-state index in [4.69, 9.17) is 11.0 Å². The Labute approximate surface area is 161 Å². The van der Waals surface area contributed by atoms with Gasteiger partial charge in [0.25, 0.3) is 0 Å². The number of anilines is 1. The molecular weight excluding hydrogens is 522 g/mol. The Bertz CT molecular complexity index is 867. The van der Waals surface area contributed by atoms with Gasteiger partial charge in [0, 0.05) is 14.2 Å². The molecule has 0 fully saturated rings. The lowest BCUT2D eigenvalue weighted by atomic mass is 10.2. The quantitative estimate of drug-likeness (QED) is 0.480. The highest BCUT2D eigenvalue weighted by atomic mass is 127. The number of methoxy groups -OCH3 is 1. The molecule has 0 saturated carbocycles. The molecule has 1 aromatic carbocycles. The van der Waals surface area contributed by atoms with Crippen LogP contribution in [-0.4, -0.2) is 24.0 Å². The van der Waals surface area contributed by atoms with E-state index in [-0.39, 0.29) is 21.4 Å². The number of benzene rings is 1. The number of rotatable bonds is 3. The highest BCUT2D eigenvalue weighted by Gasteiger charge is 2.32. The Morgan fingerprint density at radius 3 is 2.56 bits per heavy atom. The summed E-state index contributed by atoms with van der Waals surface area (Å²) in [6, 6.07) is 4.07. The van der Waals surface area contributed by atoms with E-state index in [1.54, 1.807) is 22.6 Å². The zero-order valence-electron chi connectivity index (χ0n) is 12.3. The van der Waals surface area contributed by atoms with E-state index in [2.05, 4.69) is 25.4 Å². The van der Waals surface area contributed by atoms with Crippen molar-refractivity contribution >= 4 is 50.2 Å². The van der Waals surface area contributed by atoms with Crippen molar-refractivity contribution in [3.63, 3.8) is 0 Å². The van der Waals surface area contributed by atoms with E-state index in [1.165, 1.54) is 10.8 Å². The topological polar surface area (TPSA) is 90.3 Å². The number of nitrogens with zero attached hydrogens (tertiary/aromatic N) is 2. The fraction of sp³-hybridized carbons (Fsp3) is 0.143. The van der Waals surface area contributed by atoms with E-state index < -0.39 is 18.1 Å². The molecule has 2 rings (SSSR count). The molecule has 0 aliphatic carbocycles. The van der Waals surface area contributed by atoms with Crippen molar-refractivity contribution in [2.75, 3.05) is 12.8 Å². The van der Waals surface area contributed by atoms with Crippen molar-refractivity contribution in [3.8, 4) is 17.5 Å². The van der Waals surface area contributed by atoms with E-state index in [0.717, 1.165) is 19.2 Å². The van der Waals surface area contributed by atoms with Crippen molar-refractivity contribution in [2.24, 2.45) is 0 Å². The van der Waals surface area contributed by atoms with Gasteiger partial charge in [-0.3, -0.25) is 0 Å². The molecule has 0 aliphatic heterocycles. The summed E-state index contributed by atoms with van der Waals surface area (Å²) >= 11 is 4.93. The monoisotopic (exact) mass is 529 g/mol. The smallest absolute Gasteiger partial charge is 0.464 e. The molecule has 2 N–H and O–H groups in total. The zero-order chi connectivity index (χ0) is 18.9. The zero-order valence-corrected chi connectivity index (χ0v) is 16.1.